The van der Waals surface area contributed by atoms with Gasteiger partial charge in [0.15, 0.2) is 16.6 Å². The number of aryl methyl sites for hydroxylation is 1. The lowest BCUT2D eigenvalue weighted by Crippen LogP contribution is -2.11. The zero-order chi connectivity index (χ0) is 27.2. The number of alkyl halides is 6. The van der Waals surface area contributed by atoms with Crippen LogP contribution in [0.1, 0.15) is 16.7 Å². The molecule has 3 heterocycles. The van der Waals surface area contributed by atoms with Gasteiger partial charge in [0.1, 0.15) is 15.7 Å². The number of aromatic nitrogens is 6. The zero-order valence-electron chi connectivity index (χ0n) is 18.6. The third kappa shape index (κ3) is 5.89. The summed E-state index contributed by atoms with van der Waals surface area (Å²) in [5.41, 5.74) is -1.13. The van der Waals surface area contributed by atoms with Crippen molar-refractivity contribution < 1.29 is 30.8 Å². The number of halogens is 7. The fraction of sp³-hybridized carbons (Fsp3) is 0.136. The van der Waals surface area contributed by atoms with Crippen LogP contribution in [0.25, 0.3) is 22.5 Å². The highest BCUT2D eigenvalue weighted by Crippen LogP contribution is 2.38. The number of hydrogen-bond acceptors (Lipinski definition) is 8. The zero-order valence-corrected chi connectivity index (χ0v) is 21.0. The summed E-state index contributed by atoms with van der Waals surface area (Å²) in [4.78, 5) is 16.8. The standard InChI is InChI=1S/C22H11ClF6N6OS2/c1-9-2-3-14-13(4-9)30-20(36-14)38-18-31-15(23)8-16(32-18)37-19-33-17(34-35-19)10-5-11(21(24,25)26)7-12(6-10)22(27,28)29/h2-8H,1H3,(H,33,34,35). The molecule has 3 aromatic heterocycles. The molecule has 16 heteroatoms. The molecule has 0 spiro atoms. The molecule has 38 heavy (non-hydrogen) atoms. The molecule has 0 radical (unpaired) electrons. The molecule has 0 unspecified atom stereocenters. The Morgan fingerprint density at radius 3 is 2.21 bits per heavy atom. The maximum atomic E-state index is 13.2. The van der Waals surface area contributed by atoms with Gasteiger partial charge in [-0.3, -0.25) is 5.10 Å². The van der Waals surface area contributed by atoms with Gasteiger partial charge in [0.25, 0.3) is 5.22 Å². The van der Waals surface area contributed by atoms with E-state index in [1.807, 2.05) is 19.1 Å². The lowest BCUT2D eigenvalue weighted by atomic mass is 10.0. The minimum atomic E-state index is -4.99. The molecular formula is C22H11ClF6N6OS2. The summed E-state index contributed by atoms with van der Waals surface area (Å²) in [5.74, 6) is -0.291. The van der Waals surface area contributed by atoms with Crippen LogP contribution < -0.4 is 0 Å². The second kappa shape index (κ2) is 9.78. The van der Waals surface area contributed by atoms with Crippen LogP contribution in [-0.4, -0.2) is 30.1 Å². The average molecular weight is 589 g/mol. The molecule has 0 amide bonds. The Balaban J connectivity index is 1.40. The number of oxazole rings is 1. The van der Waals surface area contributed by atoms with Gasteiger partial charge in [0.05, 0.1) is 11.1 Å². The fourth-order valence-electron chi connectivity index (χ4n) is 3.22. The Bertz CT molecular complexity index is 1620. The van der Waals surface area contributed by atoms with Gasteiger partial charge in [-0.2, -0.15) is 26.3 Å². The van der Waals surface area contributed by atoms with Gasteiger partial charge in [-0.25, -0.2) is 19.9 Å². The molecule has 0 saturated heterocycles. The Hall–Kier alpha value is -3.30. The van der Waals surface area contributed by atoms with E-state index < -0.39 is 29.0 Å². The van der Waals surface area contributed by atoms with Crippen molar-refractivity contribution in [3.05, 3.63) is 64.3 Å². The minimum Gasteiger partial charge on any atom is -0.431 e. The van der Waals surface area contributed by atoms with Gasteiger partial charge < -0.3 is 4.42 Å². The number of H-pyrrole nitrogens is 1. The SMILES string of the molecule is Cc1ccc2oc(Sc3nc(Cl)cc(Sc4n[nH]c(-c5cc(C(F)(F)F)cc(C(F)(F)F)c5)n4)n3)nc2c1. The highest BCUT2D eigenvalue weighted by Gasteiger charge is 2.37. The van der Waals surface area contributed by atoms with Gasteiger partial charge in [-0.05, 0) is 54.6 Å². The molecule has 0 fully saturated rings. The van der Waals surface area contributed by atoms with E-state index in [2.05, 4.69) is 30.1 Å². The first-order valence-electron chi connectivity index (χ1n) is 10.3. The Morgan fingerprint density at radius 1 is 0.816 bits per heavy atom. The second-order valence-electron chi connectivity index (χ2n) is 7.73. The maximum absolute atomic E-state index is 13.2. The van der Waals surface area contributed by atoms with Crippen molar-refractivity contribution in [3.8, 4) is 11.4 Å². The molecule has 5 rings (SSSR count). The van der Waals surface area contributed by atoms with E-state index in [0.717, 1.165) is 29.1 Å². The molecule has 0 aliphatic rings. The molecule has 5 aromatic rings. The molecule has 0 bridgehead atoms. The number of fused-ring (bicyclic) bond motifs is 1. The first kappa shape index (κ1) is 26.3. The van der Waals surface area contributed by atoms with Crippen LogP contribution in [0.15, 0.2) is 67.4 Å². The lowest BCUT2D eigenvalue weighted by Gasteiger charge is -2.13. The topological polar surface area (TPSA) is 93.4 Å². The number of benzene rings is 2. The van der Waals surface area contributed by atoms with Crippen LogP contribution >= 0.6 is 35.1 Å². The summed E-state index contributed by atoms with van der Waals surface area (Å²) in [7, 11) is 0. The minimum absolute atomic E-state index is 0.0194. The Labute approximate surface area is 222 Å². The Kier molecular flexibility index (Phi) is 6.77. The highest BCUT2D eigenvalue weighted by atomic mass is 35.5. The second-order valence-corrected chi connectivity index (χ2v) is 10.0. The number of rotatable bonds is 5. The van der Waals surface area contributed by atoms with Gasteiger partial charge >= 0.3 is 12.4 Å². The predicted octanol–water partition coefficient (Wildman–Crippen LogP) is 7.70. The van der Waals surface area contributed by atoms with Crippen molar-refractivity contribution in [1.82, 2.24) is 30.1 Å². The van der Waals surface area contributed by atoms with Gasteiger partial charge in [0, 0.05) is 23.4 Å². The van der Waals surface area contributed by atoms with Crippen molar-refractivity contribution >= 4 is 46.2 Å². The quantitative estimate of drug-likeness (QED) is 0.127. The van der Waals surface area contributed by atoms with Gasteiger partial charge in [-0.15, -0.1) is 5.10 Å². The van der Waals surface area contributed by atoms with E-state index >= 15 is 0 Å². The summed E-state index contributed by atoms with van der Waals surface area (Å²) in [6.07, 6.45) is -9.99. The summed E-state index contributed by atoms with van der Waals surface area (Å²) in [6.45, 7) is 1.92. The van der Waals surface area contributed by atoms with E-state index in [1.54, 1.807) is 6.07 Å². The van der Waals surface area contributed by atoms with Crippen LogP contribution in [0.5, 0.6) is 0 Å². The van der Waals surface area contributed by atoms with Crippen molar-refractivity contribution in [2.24, 2.45) is 0 Å². The van der Waals surface area contributed by atoms with Crippen molar-refractivity contribution in [1.29, 1.82) is 0 Å². The molecular weight excluding hydrogens is 578 g/mol. The fourth-order valence-corrected chi connectivity index (χ4v) is 5.01. The molecule has 2 aromatic carbocycles. The predicted molar refractivity (Wildman–Crippen MR) is 126 cm³/mol. The Morgan fingerprint density at radius 2 is 1.53 bits per heavy atom. The molecule has 196 valence electrons. The molecule has 7 nitrogen and oxygen atoms in total. The van der Waals surface area contributed by atoms with Gasteiger partial charge in [0.2, 0.25) is 5.16 Å². The summed E-state index contributed by atoms with van der Waals surface area (Å²) < 4.78 is 84.9. The molecule has 0 aliphatic carbocycles. The molecule has 0 saturated carbocycles. The lowest BCUT2D eigenvalue weighted by molar-refractivity contribution is -0.143. The summed E-state index contributed by atoms with van der Waals surface area (Å²) in [6, 6.07) is 8.06. The molecule has 0 atom stereocenters. The number of hydrogen-bond donors (Lipinski definition) is 1. The third-order valence-electron chi connectivity index (χ3n) is 4.87. The van der Waals surface area contributed by atoms with Crippen LogP contribution in [0.4, 0.5) is 26.3 Å². The van der Waals surface area contributed by atoms with Crippen molar-refractivity contribution in [3.63, 3.8) is 0 Å². The number of nitrogens with zero attached hydrogens (tertiary/aromatic N) is 5. The third-order valence-corrected chi connectivity index (χ3v) is 6.57. The molecule has 1 N–H and O–H groups in total. The number of nitrogens with one attached hydrogen (secondary N) is 1. The van der Waals surface area contributed by atoms with Crippen molar-refractivity contribution in [2.45, 2.75) is 39.8 Å². The van der Waals surface area contributed by atoms with E-state index in [9.17, 15) is 26.3 Å². The van der Waals surface area contributed by atoms with E-state index in [0.29, 0.717) is 23.2 Å². The van der Waals surface area contributed by atoms with Crippen LogP contribution in [-0.2, 0) is 12.4 Å². The average Bonchev–Trinajstić information content (AvgIpc) is 3.43. The maximum Gasteiger partial charge on any atom is 0.416 e. The van der Waals surface area contributed by atoms with E-state index in [-0.39, 0.29) is 37.6 Å². The van der Waals surface area contributed by atoms with Crippen LogP contribution in [0, 0.1) is 6.92 Å². The van der Waals surface area contributed by atoms with Crippen LogP contribution in [0.2, 0.25) is 5.15 Å². The molecule has 0 aliphatic heterocycles. The first-order chi connectivity index (χ1) is 17.8. The smallest absolute Gasteiger partial charge is 0.416 e. The first-order valence-corrected chi connectivity index (χ1v) is 12.3. The van der Waals surface area contributed by atoms with Crippen molar-refractivity contribution in [2.75, 3.05) is 0 Å². The summed E-state index contributed by atoms with van der Waals surface area (Å²) in [5, 5.41) is 7.02. The summed E-state index contributed by atoms with van der Waals surface area (Å²) >= 11 is 7.99. The van der Waals surface area contributed by atoms with Gasteiger partial charge in [-0.1, -0.05) is 17.7 Å². The number of aromatic amines is 1. The normalized spacial score (nSPS) is 12.4. The van der Waals surface area contributed by atoms with Crippen LogP contribution in [0.3, 0.4) is 0 Å². The van der Waals surface area contributed by atoms with E-state index in [4.69, 9.17) is 16.0 Å². The monoisotopic (exact) mass is 588 g/mol. The highest BCUT2D eigenvalue weighted by molar-refractivity contribution is 7.99. The van der Waals surface area contributed by atoms with E-state index in [1.165, 1.54) is 6.07 Å². The largest absolute Gasteiger partial charge is 0.431 e.